The van der Waals surface area contributed by atoms with E-state index in [-0.39, 0.29) is 0 Å². The van der Waals surface area contributed by atoms with Crippen molar-refractivity contribution in [1.82, 2.24) is 0 Å². The highest BCUT2D eigenvalue weighted by molar-refractivity contribution is 7.16. The molecule has 0 aromatic carbocycles. The molecule has 0 saturated heterocycles. The highest BCUT2D eigenvalue weighted by atomic mass is 31.0. The maximum Gasteiger partial charge on any atom is -0.0348 e. The van der Waals surface area contributed by atoms with Crippen LogP contribution in [0.1, 0.15) is 12.8 Å². The highest BCUT2D eigenvalue weighted by Crippen LogP contribution is 2.36. The molecule has 0 aromatic rings. The summed E-state index contributed by atoms with van der Waals surface area (Å²) >= 11 is 0. The van der Waals surface area contributed by atoms with Crippen molar-refractivity contribution in [2.75, 3.05) is 12.3 Å². The summed E-state index contributed by atoms with van der Waals surface area (Å²) in [5.41, 5.74) is 0. The second kappa shape index (κ2) is 3.14. The molecule has 1 saturated carbocycles. The Morgan fingerprint density at radius 2 is 1.38 bits per heavy atom. The van der Waals surface area contributed by atoms with E-state index in [4.69, 9.17) is 0 Å². The summed E-state index contributed by atoms with van der Waals surface area (Å²) in [6.45, 7) is 0. The molecule has 1 aliphatic rings. The molecular formula is C6H14P2. The van der Waals surface area contributed by atoms with Crippen LogP contribution < -0.4 is 0 Å². The van der Waals surface area contributed by atoms with E-state index < -0.39 is 0 Å². The first-order valence-corrected chi connectivity index (χ1v) is 4.92. The molecule has 0 radical (unpaired) electrons. The monoisotopic (exact) mass is 148 g/mol. The fraction of sp³-hybridized carbons (Fsp3) is 1.00. The Morgan fingerprint density at radius 3 is 1.50 bits per heavy atom. The molecule has 8 heavy (non-hydrogen) atoms. The Hall–Kier alpha value is 0.860. The third kappa shape index (κ3) is 1.23. The summed E-state index contributed by atoms with van der Waals surface area (Å²) in [7, 11) is 5.67. The summed E-state index contributed by atoms with van der Waals surface area (Å²) in [6, 6.07) is 0. The summed E-state index contributed by atoms with van der Waals surface area (Å²) < 4.78 is 0. The van der Waals surface area contributed by atoms with Gasteiger partial charge in [0.05, 0.1) is 0 Å². The van der Waals surface area contributed by atoms with Gasteiger partial charge in [-0.2, -0.15) is 0 Å². The van der Waals surface area contributed by atoms with Gasteiger partial charge in [0.1, 0.15) is 0 Å². The fourth-order valence-corrected chi connectivity index (χ4v) is 2.50. The molecule has 0 aromatic heterocycles. The zero-order chi connectivity index (χ0) is 5.98. The average Bonchev–Trinajstić information content (AvgIpc) is 1.66. The third-order valence-electron chi connectivity index (χ3n) is 2.18. The van der Waals surface area contributed by atoms with Crippen molar-refractivity contribution < 1.29 is 0 Å². The van der Waals surface area contributed by atoms with Crippen molar-refractivity contribution in [3.8, 4) is 0 Å². The van der Waals surface area contributed by atoms with Gasteiger partial charge >= 0.3 is 0 Å². The lowest BCUT2D eigenvalue weighted by atomic mass is 9.76. The second-order valence-electron chi connectivity index (χ2n) is 2.57. The minimum Gasteiger partial charge on any atom is -0.137 e. The van der Waals surface area contributed by atoms with Crippen LogP contribution in [0, 0.1) is 11.8 Å². The Morgan fingerprint density at radius 1 is 1.00 bits per heavy atom. The van der Waals surface area contributed by atoms with Crippen molar-refractivity contribution in [3.63, 3.8) is 0 Å². The first-order chi connectivity index (χ1) is 3.88. The lowest BCUT2D eigenvalue weighted by molar-refractivity contribution is 0.229. The van der Waals surface area contributed by atoms with E-state index >= 15 is 0 Å². The molecule has 0 heterocycles. The maximum atomic E-state index is 2.83. The van der Waals surface area contributed by atoms with E-state index in [2.05, 4.69) is 18.5 Å². The summed E-state index contributed by atoms with van der Waals surface area (Å²) in [5, 5.41) is 0. The topological polar surface area (TPSA) is 0 Å². The van der Waals surface area contributed by atoms with E-state index in [9.17, 15) is 0 Å². The zero-order valence-electron chi connectivity index (χ0n) is 5.14. The van der Waals surface area contributed by atoms with Crippen LogP contribution in [0.4, 0.5) is 0 Å². The number of hydrogen-bond donors (Lipinski definition) is 0. The van der Waals surface area contributed by atoms with Gasteiger partial charge in [0.2, 0.25) is 0 Å². The molecule has 0 amide bonds. The van der Waals surface area contributed by atoms with Gasteiger partial charge in [0.15, 0.2) is 0 Å². The Balaban J connectivity index is 2.16. The van der Waals surface area contributed by atoms with Crippen molar-refractivity contribution in [1.29, 1.82) is 0 Å². The van der Waals surface area contributed by atoms with Crippen LogP contribution in [-0.4, -0.2) is 12.3 Å². The predicted molar refractivity (Wildman–Crippen MR) is 45.4 cm³/mol. The van der Waals surface area contributed by atoms with Crippen molar-refractivity contribution >= 4 is 18.5 Å². The van der Waals surface area contributed by atoms with Gasteiger partial charge in [-0.05, 0) is 37.0 Å². The normalized spacial score (nSPS) is 36.8. The number of rotatable bonds is 2. The molecule has 0 aliphatic heterocycles. The fourth-order valence-electron chi connectivity index (χ4n) is 1.26. The van der Waals surface area contributed by atoms with Crippen molar-refractivity contribution in [3.05, 3.63) is 0 Å². The molecule has 0 spiro atoms. The summed E-state index contributed by atoms with van der Waals surface area (Å²) in [4.78, 5) is 0. The van der Waals surface area contributed by atoms with Crippen LogP contribution in [0.5, 0.6) is 0 Å². The SMILES string of the molecule is PCC1CCC1CP. The van der Waals surface area contributed by atoms with E-state index in [0.717, 1.165) is 11.8 Å². The third-order valence-corrected chi connectivity index (χ3v) is 3.39. The van der Waals surface area contributed by atoms with Gasteiger partial charge in [-0.25, -0.2) is 0 Å². The lowest BCUT2D eigenvalue weighted by Crippen LogP contribution is -2.27. The Kier molecular flexibility index (Phi) is 2.73. The molecule has 2 heteroatoms. The molecule has 0 nitrogen and oxygen atoms in total. The minimum absolute atomic E-state index is 1.04. The van der Waals surface area contributed by atoms with Gasteiger partial charge in [-0.3, -0.25) is 0 Å². The minimum atomic E-state index is 1.04. The first kappa shape index (κ1) is 6.97. The summed E-state index contributed by atoms with van der Waals surface area (Å²) in [6.07, 6.45) is 5.59. The van der Waals surface area contributed by atoms with E-state index in [1.54, 1.807) is 0 Å². The molecule has 4 atom stereocenters. The maximum absolute atomic E-state index is 2.83. The smallest absolute Gasteiger partial charge is 0.0348 e. The Labute approximate surface area is 56.2 Å². The molecular weight excluding hydrogens is 134 g/mol. The van der Waals surface area contributed by atoms with Gasteiger partial charge in [-0.15, -0.1) is 18.5 Å². The van der Waals surface area contributed by atoms with E-state index in [1.165, 1.54) is 25.2 Å². The molecule has 48 valence electrons. The van der Waals surface area contributed by atoms with Crippen LogP contribution in [0.25, 0.3) is 0 Å². The number of hydrogen-bond acceptors (Lipinski definition) is 0. The van der Waals surface area contributed by atoms with Gasteiger partial charge in [-0.1, -0.05) is 0 Å². The average molecular weight is 148 g/mol. The van der Waals surface area contributed by atoms with E-state index in [1.807, 2.05) is 0 Å². The van der Waals surface area contributed by atoms with Crippen LogP contribution in [0.3, 0.4) is 0 Å². The Bertz CT molecular complexity index is 58.9. The van der Waals surface area contributed by atoms with Gasteiger partial charge < -0.3 is 0 Å². The van der Waals surface area contributed by atoms with Crippen molar-refractivity contribution in [2.45, 2.75) is 12.8 Å². The zero-order valence-corrected chi connectivity index (χ0v) is 7.45. The van der Waals surface area contributed by atoms with Gasteiger partial charge in [0.25, 0.3) is 0 Å². The van der Waals surface area contributed by atoms with Crippen LogP contribution in [0.15, 0.2) is 0 Å². The van der Waals surface area contributed by atoms with E-state index in [0.29, 0.717) is 0 Å². The molecule has 0 bridgehead atoms. The highest BCUT2D eigenvalue weighted by Gasteiger charge is 2.26. The first-order valence-electron chi connectivity index (χ1n) is 3.28. The quantitative estimate of drug-likeness (QED) is 0.523. The molecule has 1 fully saturated rings. The standard InChI is InChI=1S/C6H14P2/c7-3-5-1-2-6(5)4-8/h5-6H,1-4,7-8H2. The predicted octanol–water partition coefficient (Wildman–Crippen LogP) is 1.76. The largest absolute Gasteiger partial charge is 0.137 e. The van der Waals surface area contributed by atoms with Crippen molar-refractivity contribution in [2.24, 2.45) is 11.8 Å². The van der Waals surface area contributed by atoms with Crippen LogP contribution >= 0.6 is 18.5 Å². The second-order valence-corrected chi connectivity index (χ2v) is 3.51. The lowest BCUT2D eigenvalue weighted by Gasteiger charge is -2.34. The molecule has 4 unspecified atom stereocenters. The molecule has 1 rings (SSSR count). The molecule has 1 aliphatic carbocycles. The van der Waals surface area contributed by atoms with Crippen LogP contribution in [-0.2, 0) is 0 Å². The molecule has 0 N–H and O–H groups in total. The van der Waals surface area contributed by atoms with Gasteiger partial charge in [0, 0.05) is 0 Å². The van der Waals surface area contributed by atoms with Crippen LogP contribution in [0.2, 0.25) is 0 Å². The summed E-state index contributed by atoms with van der Waals surface area (Å²) in [5.74, 6) is 2.08.